The maximum atomic E-state index is 9.57. The summed E-state index contributed by atoms with van der Waals surface area (Å²) in [6.07, 6.45) is 2.69. The van der Waals surface area contributed by atoms with E-state index in [0.29, 0.717) is 12.6 Å². The number of piperidine rings is 1. The molecular formula is C13H25N3O2. The zero-order valence-electron chi connectivity index (χ0n) is 11.5. The van der Waals surface area contributed by atoms with Gasteiger partial charge in [-0.05, 0) is 33.1 Å². The molecule has 5 nitrogen and oxygen atoms in total. The molecule has 2 fully saturated rings. The summed E-state index contributed by atoms with van der Waals surface area (Å²) in [6.45, 7) is 8.43. The van der Waals surface area contributed by atoms with E-state index < -0.39 is 0 Å². The van der Waals surface area contributed by atoms with Crippen molar-refractivity contribution in [1.29, 1.82) is 5.41 Å². The maximum absolute atomic E-state index is 9.57. The maximum Gasteiger partial charge on any atom is 0.284 e. The molecule has 5 heteroatoms. The Morgan fingerprint density at radius 3 is 2.67 bits per heavy atom. The van der Waals surface area contributed by atoms with Crippen LogP contribution in [-0.4, -0.2) is 65.4 Å². The fourth-order valence-corrected chi connectivity index (χ4v) is 3.01. The van der Waals surface area contributed by atoms with Crippen LogP contribution in [0.25, 0.3) is 0 Å². The minimum Gasteiger partial charge on any atom is -0.466 e. The molecule has 2 heterocycles. The number of amidine groups is 1. The number of rotatable bonds is 2. The highest BCUT2D eigenvalue weighted by Crippen LogP contribution is 2.30. The summed E-state index contributed by atoms with van der Waals surface area (Å²) in [5.74, 6) is 0. The van der Waals surface area contributed by atoms with E-state index in [0.717, 1.165) is 45.4 Å². The topological polar surface area (TPSA) is 59.8 Å². The highest BCUT2D eigenvalue weighted by molar-refractivity contribution is 5.70. The van der Waals surface area contributed by atoms with Gasteiger partial charge in [0, 0.05) is 31.7 Å². The molecule has 0 aromatic carbocycles. The first-order chi connectivity index (χ1) is 8.55. The lowest BCUT2D eigenvalue weighted by molar-refractivity contribution is 0.0278. The Morgan fingerprint density at radius 2 is 2.06 bits per heavy atom. The first-order valence-electron chi connectivity index (χ1n) is 6.94. The summed E-state index contributed by atoms with van der Waals surface area (Å²) in [5, 5.41) is 17.4. The molecule has 0 spiro atoms. The number of hydrogen-bond acceptors (Lipinski definition) is 4. The molecule has 0 aliphatic carbocycles. The third-order valence-electron chi connectivity index (χ3n) is 4.25. The van der Waals surface area contributed by atoms with Crippen molar-refractivity contribution in [1.82, 2.24) is 9.80 Å². The molecule has 2 N–H and O–H groups in total. The van der Waals surface area contributed by atoms with Crippen LogP contribution in [0.2, 0.25) is 0 Å². The zero-order chi connectivity index (χ0) is 13.2. The van der Waals surface area contributed by atoms with Crippen LogP contribution in [0.3, 0.4) is 0 Å². The highest BCUT2D eigenvalue weighted by atomic mass is 16.5. The SMILES string of the molecule is CCOC(=N)N1CCC(C)(N2CCC(O)CC2)C1. The van der Waals surface area contributed by atoms with Crippen molar-refractivity contribution < 1.29 is 9.84 Å². The largest absolute Gasteiger partial charge is 0.466 e. The van der Waals surface area contributed by atoms with Crippen LogP contribution in [0.5, 0.6) is 0 Å². The average Bonchev–Trinajstić information content (AvgIpc) is 2.74. The van der Waals surface area contributed by atoms with Gasteiger partial charge in [-0.3, -0.25) is 10.3 Å². The Bertz CT molecular complexity index is 303. The van der Waals surface area contributed by atoms with Gasteiger partial charge in [-0.1, -0.05) is 0 Å². The van der Waals surface area contributed by atoms with Crippen molar-refractivity contribution in [2.45, 2.75) is 44.8 Å². The molecule has 2 aliphatic heterocycles. The van der Waals surface area contributed by atoms with Gasteiger partial charge in [-0.25, -0.2) is 0 Å². The average molecular weight is 255 g/mol. The second-order valence-electron chi connectivity index (χ2n) is 5.62. The monoisotopic (exact) mass is 255 g/mol. The predicted octanol–water partition coefficient (Wildman–Crippen LogP) is 0.879. The number of aliphatic hydroxyl groups is 1. The van der Waals surface area contributed by atoms with Gasteiger partial charge in [-0.15, -0.1) is 0 Å². The summed E-state index contributed by atoms with van der Waals surface area (Å²) in [7, 11) is 0. The van der Waals surface area contributed by atoms with E-state index in [1.165, 1.54) is 0 Å². The quantitative estimate of drug-likeness (QED) is 0.568. The van der Waals surface area contributed by atoms with Crippen molar-refractivity contribution >= 4 is 6.02 Å². The number of ether oxygens (including phenoxy) is 1. The number of nitrogens with zero attached hydrogens (tertiary/aromatic N) is 2. The van der Waals surface area contributed by atoms with Gasteiger partial charge >= 0.3 is 0 Å². The van der Waals surface area contributed by atoms with Gasteiger partial charge in [0.1, 0.15) is 0 Å². The van der Waals surface area contributed by atoms with Crippen LogP contribution in [0.4, 0.5) is 0 Å². The number of likely N-dealkylation sites (tertiary alicyclic amines) is 2. The Hall–Kier alpha value is -0.810. The molecule has 0 amide bonds. The van der Waals surface area contributed by atoms with Crippen LogP contribution in [-0.2, 0) is 4.74 Å². The molecule has 0 bridgehead atoms. The third-order valence-corrected chi connectivity index (χ3v) is 4.25. The summed E-state index contributed by atoms with van der Waals surface area (Å²) in [6, 6.07) is 0.304. The fourth-order valence-electron chi connectivity index (χ4n) is 3.01. The van der Waals surface area contributed by atoms with E-state index in [1.807, 2.05) is 11.8 Å². The minimum atomic E-state index is -0.121. The van der Waals surface area contributed by atoms with Crippen molar-refractivity contribution in [3.8, 4) is 0 Å². The first kappa shape index (κ1) is 13.6. The lowest BCUT2D eigenvalue weighted by atomic mass is 9.95. The van der Waals surface area contributed by atoms with Crippen molar-refractivity contribution in [3.63, 3.8) is 0 Å². The van der Waals surface area contributed by atoms with Crippen LogP contribution in [0.15, 0.2) is 0 Å². The Morgan fingerprint density at radius 1 is 1.39 bits per heavy atom. The van der Waals surface area contributed by atoms with E-state index in [4.69, 9.17) is 10.1 Å². The molecule has 0 radical (unpaired) electrons. The molecule has 0 saturated carbocycles. The Labute approximate surface area is 109 Å². The molecule has 2 aliphatic rings. The van der Waals surface area contributed by atoms with E-state index >= 15 is 0 Å². The summed E-state index contributed by atoms with van der Waals surface area (Å²) in [4.78, 5) is 4.49. The van der Waals surface area contributed by atoms with Crippen molar-refractivity contribution in [2.75, 3.05) is 32.8 Å². The first-order valence-corrected chi connectivity index (χ1v) is 6.94. The number of hydrogen-bond donors (Lipinski definition) is 2. The van der Waals surface area contributed by atoms with E-state index in [1.54, 1.807) is 0 Å². The fraction of sp³-hybridized carbons (Fsp3) is 0.923. The van der Waals surface area contributed by atoms with E-state index in [-0.39, 0.29) is 11.6 Å². The minimum absolute atomic E-state index is 0.121. The smallest absolute Gasteiger partial charge is 0.284 e. The summed E-state index contributed by atoms with van der Waals surface area (Å²) in [5.41, 5.74) is 0.129. The number of nitrogens with one attached hydrogen (secondary N) is 1. The Balaban J connectivity index is 1.91. The molecule has 1 atom stereocenters. The lowest BCUT2D eigenvalue weighted by Gasteiger charge is -2.42. The molecule has 1 unspecified atom stereocenters. The summed E-state index contributed by atoms with van der Waals surface area (Å²) < 4.78 is 5.27. The van der Waals surface area contributed by atoms with Crippen LogP contribution in [0.1, 0.15) is 33.1 Å². The van der Waals surface area contributed by atoms with Gasteiger partial charge < -0.3 is 14.7 Å². The second-order valence-corrected chi connectivity index (χ2v) is 5.62. The van der Waals surface area contributed by atoms with Crippen LogP contribution < -0.4 is 0 Å². The van der Waals surface area contributed by atoms with Crippen LogP contribution >= 0.6 is 0 Å². The van der Waals surface area contributed by atoms with E-state index in [9.17, 15) is 5.11 Å². The predicted molar refractivity (Wildman–Crippen MR) is 70.8 cm³/mol. The normalized spacial score (nSPS) is 30.7. The number of aliphatic hydroxyl groups excluding tert-OH is 1. The van der Waals surface area contributed by atoms with Crippen molar-refractivity contribution in [3.05, 3.63) is 0 Å². The second kappa shape index (κ2) is 5.45. The standard InChI is InChI=1S/C13H25N3O2/c1-3-18-12(14)15-9-6-13(2,10-15)16-7-4-11(17)5-8-16/h11,14,17H,3-10H2,1-2H3. The summed E-state index contributed by atoms with van der Waals surface area (Å²) >= 11 is 0. The highest BCUT2D eigenvalue weighted by Gasteiger charge is 2.41. The lowest BCUT2D eigenvalue weighted by Crippen LogP contribution is -2.52. The third kappa shape index (κ3) is 2.78. The van der Waals surface area contributed by atoms with Gasteiger partial charge in [0.25, 0.3) is 6.02 Å². The molecule has 104 valence electrons. The molecule has 0 aromatic rings. The van der Waals surface area contributed by atoms with Gasteiger partial charge in [-0.2, -0.15) is 0 Å². The Kier molecular flexibility index (Phi) is 4.12. The molecule has 2 saturated heterocycles. The van der Waals surface area contributed by atoms with E-state index in [2.05, 4.69) is 11.8 Å². The van der Waals surface area contributed by atoms with Crippen LogP contribution in [0, 0.1) is 5.41 Å². The van der Waals surface area contributed by atoms with Gasteiger partial charge in [0.05, 0.1) is 12.7 Å². The molecular weight excluding hydrogens is 230 g/mol. The van der Waals surface area contributed by atoms with Crippen molar-refractivity contribution in [2.24, 2.45) is 0 Å². The molecule has 18 heavy (non-hydrogen) atoms. The van der Waals surface area contributed by atoms with Gasteiger partial charge in [0.2, 0.25) is 0 Å². The van der Waals surface area contributed by atoms with Gasteiger partial charge in [0.15, 0.2) is 0 Å². The molecule has 2 rings (SSSR count). The zero-order valence-corrected chi connectivity index (χ0v) is 11.5. The molecule has 0 aromatic heterocycles.